The molecule has 304 valence electrons. The third-order valence-electron chi connectivity index (χ3n) is 9.86. The fourth-order valence-corrected chi connectivity index (χ4v) is 7.30. The number of hydrogen-bond acceptors (Lipinski definition) is 6. The predicted molar refractivity (Wildman–Crippen MR) is 217 cm³/mol. The third kappa shape index (κ3) is 37.4. The maximum Gasteiger partial charge on any atom is 0.472 e. The highest BCUT2D eigenvalue weighted by atomic mass is 31.2. The molecule has 3 atom stereocenters. The average Bonchev–Trinajstić information content (AvgIpc) is 3.12. The van der Waals surface area contributed by atoms with Crippen LogP contribution in [-0.2, 0) is 18.4 Å². The molecule has 0 heterocycles. The number of aliphatic hydroxyl groups is 1. The van der Waals surface area contributed by atoms with Crippen LogP contribution in [0.25, 0.3) is 0 Å². The Kier molecular flexibility index (Phi) is 38.4. The number of phosphoric ester groups is 1. The number of phosphoric acid groups is 1. The first-order valence-electron chi connectivity index (χ1n) is 21.8. The molecule has 0 fully saturated rings. The average molecular weight is 745 g/mol. The molecule has 0 aliphatic heterocycles. The zero-order valence-corrected chi connectivity index (χ0v) is 34.5. The van der Waals surface area contributed by atoms with Crippen LogP contribution in [0.15, 0.2) is 12.2 Å². The second-order valence-electron chi connectivity index (χ2n) is 14.9. The van der Waals surface area contributed by atoms with E-state index in [1.807, 2.05) is 6.08 Å². The molecule has 0 bridgehead atoms. The van der Waals surface area contributed by atoms with Gasteiger partial charge in [-0.3, -0.25) is 13.8 Å². The van der Waals surface area contributed by atoms with Gasteiger partial charge in [-0.25, -0.2) is 4.57 Å². The van der Waals surface area contributed by atoms with E-state index in [2.05, 4.69) is 19.2 Å². The van der Waals surface area contributed by atoms with E-state index >= 15 is 0 Å². The zero-order chi connectivity index (χ0) is 37.5. The summed E-state index contributed by atoms with van der Waals surface area (Å²) in [6.45, 7) is 4.14. The summed E-state index contributed by atoms with van der Waals surface area (Å²) in [6, 6.07) is -0.853. The molecular formula is C42H85N2O6P. The molecular weight excluding hydrogens is 659 g/mol. The minimum Gasteiger partial charge on any atom is -0.387 e. The lowest BCUT2D eigenvalue weighted by molar-refractivity contribution is -0.123. The molecule has 51 heavy (non-hydrogen) atoms. The summed E-state index contributed by atoms with van der Waals surface area (Å²) in [5, 5.41) is 13.6. The summed E-state index contributed by atoms with van der Waals surface area (Å²) in [6.07, 6.45) is 42.7. The molecule has 0 saturated heterocycles. The van der Waals surface area contributed by atoms with Gasteiger partial charge in [-0.1, -0.05) is 206 Å². The van der Waals surface area contributed by atoms with Gasteiger partial charge in [0.15, 0.2) is 0 Å². The van der Waals surface area contributed by atoms with Crippen LogP contribution in [0.1, 0.15) is 219 Å². The van der Waals surface area contributed by atoms with Crippen molar-refractivity contribution in [3.05, 3.63) is 12.2 Å². The van der Waals surface area contributed by atoms with E-state index in [1.54, 1.807) is 6.08 Å². The van der Waals surface area contributed by atoms with Crippen LogP contribution in [0.2, 0.25) is 0 Å². The fourth-order valence-electron chi connectivity index (χ4n) is 6.54. The molecule has 0 saturated carbocycles. The Morgan fingerprint density at radius 1 is 0.627 bits per heavy atom. The van der Waals surface area contributed by atoms with E-state index in [0.717, 1.165) is 38.5 Å². The molecule has 9 heteroatoms. The molecule has 0 aromatic heterocycles. The molecule has 8 nitrogen and oxygen atoms in total. The highest BCUT2D eigenvalue weighted by molar-refractivity contribution is 7.47. The van der Waals surface area contributed by atoms with Gasteiger partial charge in [-0.15, -0.1) is 0 Å². The molecule has 0 radical (unpaired) electrons. The molecule has 0 aliphatic carbocycles. The number of nitrogens with two attached hydrogens (primary N) is 1. The number of hydrogen-bond donors (Lipinski definition) is 4. The predicted octanol–water partition coefficient (Wildman–Crippen LogP) is 12.0. The van der Waals surface area contributed by atoms with Crippen molar-refractivity contribution in [1.29, 1.82) is 0 Å². The first kappa shape index (κ1) is 50.2. The van der Waals surface area contributed by atoms with E-state index in [9.17, 15) is 19.4 Å². The summed E-state index contributed by atoms with van der Waals surface area (Å²) in [7, 11) is -4.33. The Labute approximate surface area is 315 Å². The molecule has 0 aromatic rings. The van der Waals surface area contributed by atoms with E-state index in [4.69, 9.17) is 14.8 Å². The van der Waals surface area contributed by atoms with Crippen molar-refractivity contribution in [3.8, 4) is 0 Å². The lowest BCUT2D eigenvalue weighted by Gasteiger charge is -2.23. The third-order valence-corrected chi connectivity index (χ3v) is 10.8. The van der Waals surface area contributed by atoms with Crippen molar-refractivity contribution >= 4 is 13.7 Å². The number of amides is 1. The maximum atomic E-state index is 12.7. The van der Waals surface area contributed by atoms with Gasteiger partial charge in [0.25, 0.3) is 0 Å². The highest BCUT2D eigenvalue weighted by Crippen LogP contribution is 2.43. The van der Waals surface area contributed by atoms with Gasteiger partial charge in [0.2, 0.25) is 5.91 Å². The van der Waals surface area contributed by atoms with Crippen molar-refractivity contribution in [1.82, 2.24) is 5.32 Å². The second-order valence-corrected chi connectivity index (χ2v) is 16.4. The summed E-state index contributed by atoms with van der Waals surface area (Å²) in [5.74, 6) is -0.191. The first-order chi connectivity index (χ1) is 24.9. The minimum absolute atomic E-state index is 0.0812. The van der Waals surface area contributed by atoms with Crippen molar-refractivity contribution in [2.45, 2.75) is 231 Å². The van der Waals surface area contributed by atoms with Crippen LogP contribution in [-0.4, -0.2) is 47.8 Å². The molecule has 1 unspecified atom stereocenters. The molecule has 0 spiro atoms. The maximum absolute atomic E-state index is 12.7. The Hall–Kier alpha value is -0.760. The SMILES string of the molecule is CCCCCCCCCCC/C=C/[C@@H](O)[C@H](COP(=O)(O)OCCN)NC(=O)CCCCCCCCCCCCCCCCCCCCCCC. The Morgan fingerprint density at radius 3 is 1.39 bits per heavy atom. The van der Waals surface area contributed by atoms with E-state index < -0.39 is 20.0 Å². The summed E-state index contributed by atoms with van der Waals surface area (Å²) in [5.41, 5.74) is 5.36. The molecule has 0 aliphatic rings. The Balaban J connectivity index is 4.07. The monoisotopic (exact) mass is 745 g/mol. The van der Waals surface area contributed by atoms with Crippen molar-refractivity contribution in [2.75, 3.05) is 19.8 Å². The fraction of sp³-hybridized carbons (Fsp3) is 0.929. The van der Waals surface area contributed by atoms with E-state index in [-0.39, 0.29) is 25.7 Å². The van der Waals surface area contributed by atoms with Gasteiger partial charge in [0, 0.05) is 13.0 Å². The summed E-state index contributed by atoms with van der Waals surface area (Å²) >= 11 is 0. The molecule has 0 rings (SSSR count). The van der Waals surface area contributed by atoms with Crippen LogP contribution in [0.4, 0.5) is 0 Å². The smallest absolute Gasteiger partial charge is 0.387 e. The number of aliphatic hydroxyl groups excluding tert-OH is 1. The zero-order valence-electron chi connectivity index (χ0n) is 33.6. The number of carbonyl (C=O) groups excluding carboxylic acids is 1. The van der Waals surface area contributed by atoms with E-state index in [1.165, 1.54) is 161 Å². The highest BCUT2D eigenvalue weighted by Gasteiger charge is 2.26. The van der Waals surface area contributed by atoms with Crippen LogP contribution < -0.4 is 11.1 Å². The summed E-state index contributed by atoms with van der Waals surface area (Å²) in [4.78, 5) is 22.7. The normalized spacial score (nSPS) is 14.2. The lowest BCUT2D eigenvalue weighted by Crippen LogP contribution is -2.45. The van der Waals surface area contributed by atoms with Crippen LogP contribution >= 0.6 is 7.82 Å². The van der Waals surface area contributed by atoms with Crippen molar-refractivity contribution in [2.24, 2.45) is 5.73 Å². The van der Waals surface area contributed by atoms with Gasteiger partial charge in [-0.2, -0.15) is 0 Å². The number of nitrogens with one attached hydrogen (secondary N) is 1. The number of carbonyl (C=O) groups is 1. The van der Waals surface area contributed by atoms with Crippen molar-refractivity contribution < 1.29 is 28.4 Å². The second kappa shape index (κ2) is 38.9. The number of rotatable bonds is 41. The number of allylic oxidation sites excluding steroid dienone is 1. The molecule has 5 N–H and O–H groups in total. The van der Waals surface area contributed by atoms with Gasteiger partial charge in [0.1, 0.15) is 0 Å². The van der Waals surface area contributed by atoms with Gasteiger partial charge < -0.3 is 21.1 Å². The Bertz CT molecular complexity index is 814. The van der Waals surface area contributed by atoms with Crippen LogP contribution in [0, 0.1) is 0 Å². The number of unbranched alkanes of at least 4 members (excludes halogenated alkanes) is 29. The minimum atomic E-state index is -4.33. The quantitative estimate of drug-likeness (QED) is 0.0278. The largest absolute Gasteiger partial charge is 0.472 e. The topological polar surface area (TPSA) is 131 Å². The molecule has 1 amide bonds. The Morgan fingerprint density at radius 2 is 1.00 bits per heavy atom. The van der Waals surface area contributed by atoms with E-state index in [0.29, 0.717) is 6.42 Å². The van der Waals surface area contributed by atoms with Gasteiger partial charge >= 0.3 is 7.82 Å². The van der Waals surface area contributed by atoms with Gasteiger partial charge in [0.05, 0.1) is 25.4 Å². The summed E-state index contributed by atoms with van der Waals surface area (Å²) < 4.78 is 22.1. The lowest BCUT2D eigenvalue weighted by atomic mass is 10.0. The molecule has 0 aromatic carbocycles. The van der Waals surface area contributed by atoms with Crippen molar-refractivity contribution in [3.63, 3.8) is 0 Å². The van der Waals surface area contributed by atoms with Gasteiger partial charge in [-0.05, 0) is 19.3 Å². The standard InChI is InChI=1S/C42H85N2O6P/c1-3-5-7-9-11-13-15-16-17-18-19-20-21-22-23-24-26-28-30-32-34-36-42(46)44-40(39-50-51(47,48)49-38-37-43)41(45)35-33-31-29-27-25-14-12-10-8-6-4-2/h33,35,40-41,45H,3-32,34,36-39,43H2,1-2H3,(H,44,46)(H,47,48)/b35-33+/t40-,41+/m0/s1. The van der Waals surface area contributed by atoms with Crippen LogP contribution in [0.3, 0.4) is 0 Å². The van der Waals surface area contributed by atoms with Crippen LogP contribution in [0.5, 0.6) is 0 Å². The first-order valence-corrected chi connectivity index (χ1v) is 23.3.